The van der Waals surface area contributed by atoms with E-state index in [2.05, 4.69) is 0 Å². The molecule has 0 fully saturated rings. The number of fused-ring (bicyclic) bond motifs is 3. The minimum absolute atomic E-state index is 0.385. The molecule has 1 heterocycles. The summed E-state index contributed by atoms with van der Waals surface area (Å²) in [5.74, 6) is 1.37. The monoisotopic (exact) mass is 278 g/mol. The first-order valence-corrected chi connectivity index (χ1v) is 5.59. The van der Waals surface area contributed by atoms with Gasteiger partial charge in [-0.05, 0) is 12.1 Å². The molecule has 0 saturated heterocycles. The van der Waals surface area contributed by atoms with Crippen LogP contribution in [0.4, 0.5) is 0 Å². The first kappa shape index (κ1) is 9.86. The molecule has 76 valence electrons. The number of hydrogen-bond donors (Lipinski definition) is 0. The van der Waals surface area contributed by atoms with Crippen LogP contribution < -0.4 is 4.74 Å². The average molecular weight is 280 g/mol. The topological polar surface area (TPSA) is 12.5 Å². The number of benzene rings is 2. The van der Waals surface area contributed by atoms with Gasteiger partial charge in [-0.25, -0.2) is 0 Å². The Kier molecular flexibility index (Phi) is 2.02. The highest BCUT2D eigenvalue weighted by molar-refractivity contribution is 6.52. The largest absolute Gasteiger partial charge is 0.447 e. The van der Waals surface area contributed by atoms with E-state index in [1.54, 1.807) is 6.07 Å². The summed E-state index contributed by atoms with van der Waals surface area (Å²) >= 11 is 24.0. The van der Waals surface area contributed by atoms with Crippen LogP contribution in [-0.2, 0) is 0 Å². The third kappa shape index (κ3) is 1.24. The van der Waals surface area contributed by atoms with Crippen molar-refractivity contribution in [2.45, 2.75) is 0 Å². The predicted octanol–water partition coefficient (Wildman–Crippen LogP) is 5.56. The molecule has 0 aliphatic carbocycles. The van der Waals surface area contributed by atoms with Gasteiger partial charge in [0.05, 0.1) is 15.1 Å². The molecule has 0 N–H and O–H groups in total. The van der Waals surface area contributed by atoms with Gasteiger partial charge in [0.15, 0.2) is 11.5 Å². The van der Waals surface area contributed by atoms with E-state index in [0.717, 1.165) is 11.1 Å². The molecule has 5 heteroatoms. The number of rotatable bonds is 0. The molecule has 0 saturated carbocycles. The quantitative estimate of drug-likeness (QED) is 0.491. The summed E-state index contributed by atoms with van der Waals surface area (Å²) in [7, 11) is 0. The minimum atomic E-state index is 0.385. The average Bonchev–Trinajstić information content (AvgIpc) is 2.98. The van der Waals surface area contributed by atoms with Crippen LogP contribution in [0.5, 0.6) is 11.5 Å². The Morgan fingerprint density at radius 1 is 0.800 bits per heavy atom. The van der Waals surface area contributed by atoms with Crippen LogP contribution in [0.1, 0.15) is 0 Å². The molecular weight excluding hydrogens is 278 g/mol. The van der Waals surface area contributed by atoms with E-state index in [1.165, 1.54) is 0 Å². The molecule has 15 heavy (non-hydrogen) atoms. The molecule has 1 aliphatic heterocycles. The predicted molar refractivity (Wildman–Crippen MR) is 64.1 cm³/mol. The van der Waals surface area contributed by atoms with E-state index in [4.69, 9.17) is 51.1 Å². The SMILES string of the molecule is Clc1ccc2c3c(c(Cl)c(Cl)c2c1Cl)O3. The smallest absolute Gasteiger partial charge is 0.190 e. The third-order valence-corrected chi connectivity index (χ3v) is 3.96. The van der Waals surface area contributed by atoms with Gasteiger partial charge in [0.1, 0.15) is 5.02 Å². The molecule has 0 radical (unpaired) electrons. The van der Waals surface area contributed by atoms with Crippen LogP contribution >= 0.6 is 46.4 Å². The van der Waals surface area contributed by atoms with Gasteiger partial charge in [-0.1, -0.05) is 46.4 Å². The van der Waals surface area contributed by atoms with Gasteiger partial charge in [0.25, 0.3) is 0 Å². The summed E-state index contributed by atoms with van der Waals surface area (Å²) in [6.07, 6.45) is 0. The maximum Gasteiger partial charge on any atom is 0.190 e. The maximum atomic E-state index is 6.09. The molecule has 0 bridgehead atoms. The molecule has 0 spiro atoms. The molecule has 2 aromatic carbocycles. The van der Waals surface area contributed by atoms with Crippen molar-refractivity contribution in [1.82, 2.24) is 0 Å². The second-order valence-electron chi connectivity index (χ2n) is 3.17. The van der Waals surface area contributed by atoms with Gasteiger partial charge >= 0.3 is 0 Å². The Labute approximate surface area is 105 Å². The van der Waals surface area contributed by atoms with E-state index in [9.17, 15) is 0 Å². The van der Waals surface area contributed by atoms with Gasteiger partial charge in [0, 0.05) is 10.8 Å². The van der Waals surface area contributed by atoms with Gasteiger partial charge < -0.3 is 4.74 Å². The van der Waals surface area contributed by atoms with Crippen molar-refractivity contribution in [2.24, 2.45) is 0 Å². The number of halogens is 4. The summed E-state index contributed by atoms with van der Waals surface area (Å²) in [5, 5.41) is 3.11. The molecule has 1 nitrogen and oxygen atoms in total. The molecular formula is C10H2Cl4O. The Bertz CT molecular complexity index is 606. The Morgan fingerprint density at radius 3 is 2.27 bits per heavy atom. The fraction of sp³-hybridized carbons (Fsp3) is 0. The highest BCUT2D eigenvalue weighted by Gasteiger charge is 2.31. The van der Waals surface area contributed by atoms with Crippen LogP contribution in [0.25, 0.3) is 10.8 Å². The minimum Gasteiger partial charge on any atom is -0.447 e. The summed E-state index contributed by atoms with van der Waals surface area (Å²) in [6, 6.07) is 3.52. The van der Waals surface area contributed by atoms with E-state index in [0.29, 0.717) is 31.2 Å². The van der Waals surface area contributed by atoms with Crippen LogP contribution in [0.3, 0.4) is 0 Å². The van der Waals surface area contributed by atoms with Crippen molar-refractivity contribution in [3.8, 4) is 11.5 Å². The van der Waals surface area contributed by atoms with Crippen LogP contribution in [-0.4, -0.2) is 0 Å². The van der Waals surface area contributed by atoms with Crippen molar-refractivity contribution >= 4 is 57.2 Å². The van der Waals surface area contributed by atoms with Crippen LogP contribution in [0.15, 0.2) is 12.1 Å². The van der Waals surface area contributed by atoms with Crippen molar-refractivity contribution in [2.75, 3.05) is 0 Å². The molecule has 0 atom stereocenters. The highest BCUT2D eigenvalue weighted by Crippen LogP contribution is 2.59. The molecule has 0 unspecified atom stereocenters. The van der Waals surface area contributed by atoms with Crippen molar-refractivity contribution in [3.63, 3.8) is 0 Å². The third-order valence-electron chi connectivity index (χ3n) is 2.32. The molecule has 0 aromatic heterocycles. The first-order chi connectivity index (χ1) is 7.11. The van der Waals surface area contributed by atoms with E-state index in [-0.39, 0.29) is 0 Å². The van der Waals surface area contributed by atoms with Crippen LogP contribution in [0, 0.1) is 0 Å². The summed E-state index contributed by atoms with van der Waals surface area (Å²) in [4.78, 5) is 0. The van der Waals surface area contributed by atoms with E-state index in [1.807, 2.05) is 6.07 Å². The Morgan fingerprint density at radius 2 is 1.53 bits per heavy atom. The number of ether oxygens (including phenoxy) is 1. The van der Waals surface area contributed by atoms with Gasteiger partial charge in [-0.15, -0.1) is 0 Å². The van der Waals surface area contributed by atoms with Gasteiger partial charge in [-0.2, -0.15) is 0 Å². The van der Waals surface area contributed by atoms with E-state index >= 15 is 0 Å². The van der Waals surface area contributed by atoms with Crippen molar-refractivity contribution in [3.05, 3.63) is 32.2 Å². The molecule has 3 rings (SSSR count). The highest BCUT2D eigenvalue weighted by atomic mass is 35.5. The molecule has 0 amide bonds. The van der Waals surface area contributed by atoms with Crippen molar-refractivity contribution < 1.29 is 4.74 Å². The lowest BCUT2D eigenvalue weighted by Crippen LogP contribution is -1.76. The summed E-state index contributed by atoms with van der Waals surface area (Å²) in [6.45, 7) is 0. The summed E-state index contributed by atoms with van der Waals surface area (Å²) in [5.41, 5.74) is 0. The van der Waals surface area contributed by atoms with Crippen molar-refractivity contribution in [1.29, 1.82) is 0 Å². The lowest BCUT2D eigenvalue weighted by molar-refractivity contribution is 0.653. The van der Waals surface area contributed by atoms with Gasteiger partial charge in [-0.3, -0.25) is 0 Å². The zero-order chi connectivity index (χ0) is 10.7. The fourth-order valence-electron chi connectivity index (χ4n) is 1.56. The van der Waals surface area contributed by atoms with E-state index < -0.39 is 0 Å². The first-order valence-electron chi connectivity index (χ1n) is 4.07. The lowest BCUT2D eigenvalue weighted by atomic mass is 10.1. The number of hydrogen-bond acceptors (Lipinski definition) is 1. The lowest BCUT2D eigenvalue weighted by Gasteiger charge is -2.03. The Balaban J connectivity index is 2.58. The molecule has 2 aromatic rings. The zero-order valence-electron chi connectivity index (χ0n) is 7.07. The van der Waals surface area contributed by atoms with Crippen LogP contribution in [0.2, 0.25) is 20.1 Å². The normalized spacial score (nSPS) is 12.5. The second kappa shape index (κ2) is 3.08. The zero-order valence-corrected chi connectivity index (χ0v) is 10.1. The Hall–Kier alpha value is -0.340. The second-order valence-corrected chi connectivity index (χ2v) is 4.71. The molecule has 1 aliphatic rings. The van der Waals surface area contributed by atoms with Gasteiger partial charge in [0.2, 0.25) is 0 Å². The fourth-order valence-corrected chi connectivity index (χ4v) is 2.53. The maximum absolute atomic E-state index is 6.09. The standard InChI is InChI=1S/C10H2Cl4O/c11-4-2-1-3-5(6(4)12)7(13)8(14)10-9(3)15-10/h1-2H. The summed E-state index contributed by atoms with van der Waals surface area (Å²) < 4.78 is 5.24.